The highest BCUT2D eigenvalue weighted by atomic mass is 32.1. The maximum Gasteiger partial charge on any atom is 0.227 e. The lowest BCUT2D eigenvalue weighted by Crippen LogP contribution is -2.30. The molecule has 3 rings (SSSR count). The van der Waals surface area contributed by atoms with E-state index >= 15 is 0 Å². The summed E-state index contributed by atoms with van der Waals surface area (Å²) < 4.78 is 0. The van der Waals surface area contributed by atoms with Crippen molar-refractivity contribution < 1.29 is 9.90 Å². The average molecular weight is 301 g/mol. The van der Waals surface area contributed by atoms with Crippen molar-refractivity contribution >= 4 is 17.2 Å². The monoisotopic (exact) mass is 301 g/mol. The number of aliphatic hydroxyl groups excluding tert-OH is 1. The third-order valence-corrected chi connectivity index (χ3v) is 5.11. The molecule has 1 aliphatic carbocycles. The largest absolute Gasteiger partial charge is 0.392 e. The Morgan fingerprint density at radius 1 is 1.29 bits per heavy atom. The molecule has 1 unspecified atom stereocenters. The molecule has 0 saturated heterocycles. The maximum atomic E-state index is 12.5. The molecule has 110 valence electrons. The first-order valence-electron chi connectivity index (χ1n) is 7.31. The van der Waals surface area contributed by atoms with Gasteiger partial charge in [-0.05, 0) is 47.4 Å². The molecule has 1 amide bonds. The van der Waals surface area contributed by atoms with Gasteiger partial charge in [0.15, 0.2) is 0 Å². The summed E-state index contributed by atoms with van der Waals surface area (Å²) >= 11 is 1.75. The van der Waals surface area contributed by atoms with Crippen LogP contribution in [0, 0.1) is 0 Å². The van der Waals surface area contributed by atoms with Gasteiger partial charge in [0, 0.05) is 11.4 Å². The molecule has 0 fully saturated rings. The van der Waals surface area contributed by atoms with Crippen molar-refractivity contribution in [2.24, 2.45) is 0 Å². The summed E-state index contributed by atoms with van der Waals surface area (Å²) in [6, 6.07) is 9.75. The van der Waals surface area contributed by atoms with Gasteiger partial charge in [-0.25, -0.2) is 0 Å². The number of carbonyl (C=O) groups is 1. The second-order valence-corrected chi connectivity index (χ2v) is 6.39. The number of hydrogen-bond acceptors (Lipinski definition) is 3. The van der Waals surface area contributed by atoms with Gasteiger partial charge in [-0.1, -0.05) is 24.3 Å². The lowest BCUT2D eigenvalue weighted by Gasteiger charge is -2.22. The van der Waals surface area contributed by atoms with E-state index in [9.17, 15) is 9.90 Å². The molecule has 1 aliphatic rings. The number of thiophene rings is 1. The van der Waals surface area contributed by atoms with Gasteiger partial charge in [0.2, 0.25) is 5.91 Å². The molecule has 0 spiro atoms. The zero-order valence-corrected chi connectivity index (χ0v) is 12.7. The molecule has 21 heavy (non-hydrogen) atoms. The number of nitrogens with one attached hydrogen (secondary N) is 1. The molecule has 1 aromatic heterocycles. The molecule has 2 aromatic rings. The van der Waals surface area contributed by atoms with Crippen LogP contribution in [0.25, 0.3) is 0 Å². The lowest BCUT2D eigenvalue weighted by atomic mass is 9.87. The van der Waals surface area contributed by atoms with Crippen LogP contribution in [0.4, 0.5) is 0 Å². The normalized spacial score (nSPS) is 17.3. The third kappa shape index (κ3) is 3.01. The van der Waals surface area contributed by atoms with Crippen LogP contribution in [0.2, 0.25) is 0 Å². The van der Waals surface area contributed by atoms with Crippen molar-refractivity contribution in [1.29, 1.82) is 0 Å². The van der Waals surface area contributed by atoms with Gasteiger partial charge < -0.3 is 10.4 Å². The minimum Gasteiger partial charge on any atom is -0.392 e. The van der Waals surface area contributed by atoms with Gasteiger partial charge >= 0.3 is 0 Å². The van der Waals surface area contributed by atoms with Crippen LogP contribution in [0.15, 0.2) is 35.7 Å². The molecule has 4 heteroatoms. The number of benzene rings is 1. The molecule has 0 bridgehead atoms. The van der Waals surface area contributed by atoms with Crippen LogP contribution < -0.4 is 5.32 Å². The Balaban J connectivity index is 1.68. The fourth-order valence-electron chi connectivity index (χ4n) is 2.95. The standard InChI is InChI=1S/C17H19NO2S/c19-11-13-5-2-1-4-12(13)10-18-17(20)15-6-3-7-16-14(15)8-9-21-16/h1-2,4-5,8-9,15,19H,3,6-7,10-11H2,(H,18,20). The Kier molecular flexibility index (Phi) is 4.36. The Hall–Kier alpha value is -1.65. The summed E-state index contributed by atoms with van der Waals surface area (Å²) in [6.07, 6.45) is 3.11. The van der Waals surface area contributed by atoms with E-state index in [1.54, 1.807) is 11.3 Å². The molecule has 3 nitrogen and oxygen atoms in total. The van der Waals surface area contributed by atoms with E-state index in [-0.39, 0.29) is 18.4 Å². The first kappa shape index (κ1) is 14.3. The SMILES string of the molecule is O=C(NCc1ccccc1CO)C1CCCc2sccc21. The minimum absolute atomic E-state index is 0.00412. The minimum atomic E-state index is -0.0127. The zero-order valence-electron chi connectivity index (χ0n) is 11.8. The smallest absolute Gasteiger partial charge is 0.227 e. The molecule has 1 heterocycles. The van der Waals surface area contributed by atoms with Crippen LogP contribution in [-0.2, 0) is 24.4 Å². The molecule has 0 saturated carbocycles. The van der Waals surface area contributed by atoms with Crippen molar-refractivity contribution in [1.82, 2.24) is 5.32 Å². The summed E-state index contributed by atoms with van der Waals surface area (Å²) in [7, 11) is 0. The first-order chi connectivity index (χ1) is 10.3. The van der Waals surface area contributed by atoms with Crippen LogP contribution >= 0.6 is 11.3 Å². The molecule has 2 N–H and O–H groups in total. The number of aryl methyl sites for hydroxylation is 1. The van der Waals surface area contributed by atoms with Crippen molar-refractivity contribution in [3.63, 3.8) is 0 Å². The lowest BCUT2D eigenvalue weighted by molar-refractivity contribution is -0.123. The van der Waals surface area contributed by atoms with Crippen molar-refractivity contribution in [2.45, 2.75) is 38.3 Å². The summed E-state index contributed by atoms with van der Waals surface area (Å²) in [5.74, 6) is 0.0865. The van der Waals surface area contributed by atoms with Crippen LogP contribution in [0.3, 0.4) is 0 Å². The molecule has 0 radical (unpaired) electrons. The fourth-order valence-corrected chi connectivity index (χ4v) is 3.94. The first-order valence-corrected chi connectivity index (χ1v) is 8.19. The highest BCUT2D eigenvalue weighted by molar-refractivity contribution is 7.10. The van der Waals surface area contributed by atoms with Gasteiger partial charge in [0.05, 0.1) is 12.5 Å². The van der Waals surface area contributed by atoms with Crippen LogP contribution in [-0.4, -0.2) is 11.0 Å². The van der Waals surface area contributed by atoms with Gasteiger partial charge in [-0.3, -0.25) is 4.79 Å². The third-order valence-electron chi connectivity index (χ3n) is 4.11. The summed E-state index contributed by atoms with van der Waals surface area (Å²) in [6.45, 7) is 0.482. The summed E-state index contributed by atoms with van der Waals surface area (Å²) in [5.41, 5.74) is 3.06. The Bertz CT molecular complexity index is 635. The predicted octanol–water partition coefficient (Wildman–Crippen LogP) is 2.98. The van der Waals surface area contributed by atoms with Crippen LogP contribution in [0.1, 0.15) is 40.3 Å². The zero-order chi connectivity index (χ0) is 14.7. The highest BCUT2D eigenvalue weighted by Crippen LogP contribution is 2.35. The van der Waals surface area contributed by atoms with Crippen molar-refractivity contribution in [3.05, 3.63) is 57.3 Å². The van der Waals surface area contributed by atoms with E-state index in [0.717, 1.165) is 30.4 Å². The number of rotatable bonds is 4. The fraction of sp³-hybridized carbons (Fsp3) is 0.353. The number of aliphatic hydroxyl groups is 1. The second kappa shape index (κ2) is 6.41. The van der Waals surface area contributed by atoms with E-state index in [0.29, 0.717) is 6.54 Å². The highest BCUT2D eigenvalue weighted by Gasteiger charge is 2.27. The van der Waals surface area contributed by atoms with Gasteiger partial charge in [-0.2, -0.15) is 0 Å². The van der Waals surface area contributed by atoms with Gasteiger partial charge in [-0.15, -0.1) is 11.3 Å². The Morgan fingerprint density at radius 3 is 2.90 bits per heavy atom. The predicted molar refractivity (Wildman–Crippen MR) is 84.2 cm³/mol. The van der Waals surface area contributed by atoms with E-state index in [2.05, 4.69) is 16.8 Å². The molecule has 0 aliphatic heterocycles. The van der Waals surface area contributed by atoms with E-state index < -0.39 is 0 Å². The van der Waals surface area contributed by atoms with Crippen molar-refractivity contribution in [3.8, 4) is 0 Å². The number of hydrogen-bond donors (Lipinski definition) is 2. The number of amides is 1. The van der Waals surface area contributed by atoms with E-state index in [1.807, 2.05) is 24.3 Å². The molecule has 1 aromatic carbocycles. The molecule has 1 atom stereocenters. The van der Waals surface area contributed by atoms with Crippen LogP contribution in [0.5, 0.6) is 0 Å². The quantitative estimate of drug-likeness (QED) is 0.912. The Morgan fingerprint density at radius 2 is 2.10 bits per heavy atom. The van der Waals surface area contributed by atoms with Gasteiger partial charge in [0.1, 0.15) is 0 Å². The number of fused-ring (bicyclic) bond motifs is 1. The van der Waals surface area contributed by atoms with E-state index in [1.165, 1.54) is 10.4 Å². The second-order valence-electron chi connectivity index (χ2n) is 5.39. The molecular formula is C17H19NO2S. The number of carbonyl (C=O) groups excluding carboxylic acids is 1. The summed E-state index contributed by atoms with van der Waals surface area (Å²) in [5, 5.41) is 14.4. The topological polar surface area (TPSA) is 49.3 Å². The van der Waals surface area contributed by atoms with Crippen molar-refractivity contribution in [2.75, 3.05) is 0 Å². The van der Waals surface area contributed by atoms with E-state index in [4.69, 9.17) is 0 Å². The average Bonchev–Trinajstić information content (AvgIpc) is 3.01. The molecular weight excluding hydrogens is 282 g/mol. The Labute approximate surface area is 128 Å². The summed E-state index contributed by atoms with van der Waals surface area (Å²) in [4.78, 5) is 13.8. The maximum absolute atomic E-state index is 12.5. The van der Waals surface area contributed by atoms with Gasteiger partial charge in [0.25, 0.3) is 0 Å².